The van der Waals surface area contributed by atoms with Gasteiger partial charge in [-0.25, -0.2) is 0 Å². The summed E-state index contributed by atoms with van der Waals surface area (Å²) in [5.41, 5.74) is 4.79. The molecule has 138 valence electrons. The molecule has 0 saturated heterocycles. The predicted octanol–water partition coefficient (Wildman–Crippen LogP) is 5.73. The number of hydrogen-bond acceptors (Lipinski definition) is 2. The van der Waals surface area contributed by atoms with Gasteiger partial charge in [0.2, 0.25) is 0 Å². The van der Waals surface area contributed by atoms with E-state index in [0.29, 0.717) is 0 Å². The quantitative estimate of drug-likeness (QED) is 0.662. The molecule has 0 aliphatic heterocycles. The number of halogens is 8. The number of ether oxygens (including phenoxy) is 1. The summed E-state index contributed by atoms with van der Waals surface area (Å²) in [6.45, 7) is 0. The van der Waals surface area contributed by atoms with Gasteiger partial charge in [0, 0.05) is 5.02 Å². The molecule has 0 fully saturated rings. The third-order valence-electron chi connectivity index (χ3n) is 3.13. The maximum absolute atomic E-state index is 13.1. The van der Waals surface area contributed by atoms with E-state index in [1.165, 1.54) is 18.2 Å². The van der Waals surface area contributed by atoms with Crippen molar-refractivity contribution in [2.45, 2.75) is 18.6 Å². The number of hydrogen-bond donors (Lipinski definition) is 1. The molecule has 0 aliphatic rings. The Bertz CT molecular complexity index is 715. The predicted molar refractivity (Wildman–Crippen MR) is 82.9 cm³/mol. The molecule has 0 radical (unpaired) electrons. The summed E-state index contributed by atoms with van der Waals surface area (Å²) in [4.78, 5) is 0. The number of alkyl halides is 6. The first kappa shape index (κ1) is 21.4. The average Bonchev–Trinajstić information content (AvgIpc) is 2.44. The van der Waals surface area contributed by atoms with Crippen molar-refractivity contribution >= 4 is 24.0 Å². The molecule has 2 rings (SSSR count). The highest BCUT2D eigenvalue weighted by molar-refractivity contribution is 6.30. The lowest BCUT2D eigenvalue weighted by Gasteiger charge is -2.19. The summed E-state index contributed by atoms with van der Waals surface area (Å²) in [5, 5.41) is -0.104. The monoisotopic (exact) mass is 405 g/mol. The van der Waals surface area contributed by atoms with Crippen molar-refractivity contribution in [3.8, 4) is 5.75 Å². The van der Waals surface area contributed by atoms with Gasteiger partial charge in [-0.05, 0) is 35.4 Å². The second kappa shape index (κ2) is 7.72. The van der Waals surface area contributed by atoms with Gasteiger partial charge in [-0.1, -0.05) is 29.8 Å². The van der Waals surface area contributed by atoms with Crippen LogP contribution in [0.15, 0.2) is 42.5 Å². The fourth-order valence-corrected chi connectivity index (χ4v) is 2.27. The highest BCUT2D eigenvalue weighted by Crippen LogP contribution is 2.37. The van der Waals surface area contributed by atoms with Crippen LogP contribution in [-0.2, 0) is 6.18 Å². The lowest BCUT2D eigenvalue weighted by atomic mass is 9.95. The maximum atomic E-state index is 13.1. The van der Waals surface area contributed by atoms with Crippen LogP contribution in [0.25, 0.3) is 0 Å². The van der Waals surface area contributed by atoms with Crippen LogP contribution in [0.2, 0.25) is 5.02 Å². The fraction of sp³-hybridized carbons (Fsp3) is 0.200. The maximum Gasteiger partial charge on any atom is 0.573 e. The van der Waals surface area contributed by atoms with Gasteiger partial charge in [0.1, 0.15) is 5.75 Å². The molecule has 0 aromatic heterocycles. The molecule has 0 unspecified atom stereocenters. The van der Waals surface area contributed by atoms with E-state index < -0.39 is 29.9 Å². The fourth-order valence-electron chi connectivity index (χ4n) is 2.10. The number of nitrogens with two attached hydrogens (primary N) is 1. The van der Waals surface area contributed by atoms with Crippen LogP contribution in [0.3, 0.4) is 0 Å². The van der Waals surface area contributed by atoms with Gasteiger partial charge in [-0.15, -0.1) is 25.6 Å². The third kappa shape index (κ3) is 5.69. The van der Waals surface area contributed by atoms with Crippen LogP contribution in [0.4, 0.5) is 26.3 Å². The van der Waals surface area contributed by atoms with Gasteiger partial charge in [0.15, 0.2) is 0 Å². The van der Waals surface area contributed by atoms with Crippen molar-refractivity contribution in [1.29, 1.82) is 0 Å². The molecule has 0 aliphatic carbocycles. The average molecular weight is 406 g/mol. The second-order valence-corrected chi connectivity index (χ2v) is 5.26. The molecule has 2 N–H and O–H groups in total. The van der Waals surface area contributed by atoms with Crippen molar-refractivity contribution in [2.24, 2.45) is 5.73 Å². The zero-order chi connectivity index (χ0) is 18.1. The highest BCUT2D eigenvalue weighted by atomic mass is 35.5. The molecule has 0 bridgehead atoms. The normalized spacial score (nSPS) is 13.1. The molecule has 2 aromatic carbocycles. The van der Waals surface area contributed by atoms with Crippen LogP contribution in [0, 0.1) is 0 Å². The van der Waals surface area contributed by atoms with E-state index in [1.807, 2.05) is 0 Å². The van der Waals surface area contributed by atoms with E-state index in [0.717, 1.165) is 24.3 Å². The minimum atomic E-state index is -4.86. The molecule has 25 heavy (non-hydrogen) atoms. The Morgan fingerprint density at radius 1 is 0.920 bits per heavy atom. The Balaban J connectivity index is 0.00000312. The van der Waals surface area contributed by atoms with E-state index in [2.05, 4.69) is 4.74 Å². The summed E-state index contributed by atoms with van der Waals surface area (Å²) >= 11 is 5.59. The van der Waals surface area contributed by atoms with Gasteiger partial charge >= 0.3 is 12.5 Å². The van der Waals surface area contributed by atoms with Crippen LogP contribution < -0.4 is 10.5 Å². The Labute approximate surface area is 149 Å². The van der Waals surface area contributed by atoms with E-state index in [1.54, 1.807) is 0 Å². The minimum Gasteiger partial charge on any atom is -0.406 e. The summed E-state index contributed by atoms with van der Waals surface area (Å²) in [6.07, 6.45) is -9.53. The van der Waals surface area contributed by atoms with Crippen LogP contribution >= 0.6 is 24.0 Å². The molecular weight excluding hydrogens is 395 g/mol. The minimum absolute atomic E-state index is 0. The van der Waals surface area contributed by atoms with Crippen molar-refractivity contribution in [3.05, 3.63) is 64.2 Å². The molecule has 1 atom stereocenters. The van der Waals surface area contributed by atoms with Gasteiger partial charge < -0.3 is 10.5 Å². The zero-order valence-electron chi connectivity index (χ0n) is 12.2. The van der Waals surface area contributed by atoms with E-state index in [4.69, 9.17) is 17.3 Å². The van der Waals surface area contributed by atoms with Crippen LogP contribution in [0.5, 0.6) is 5.75 Å². The topological polar surface area (TPSA) is 35.2 Å². The molecule has 0 amide bonds. The smallest absolute Gasteiger partial charge is 0.406 e. The lowest BCUT2D eigenvalue weighted by Crippen LogP contribution is -2.19. The molecule has 2 aromatic rings. The van der Waals surface area contributed by atoms with Crippen molar-refractivity contribution < 1.29 is 31.1 Å². The van der Waals surface area contributed by atoms with E-state index in [-0.39, 0.29) is 28.6 Å². The van der Waals surface area contributed by atoms with Gasteiger partial charge in [-0.3, -0.25) is 0 Å². The zero-order valence-corrected chi connectivity index (χ0v) is 13.7. The Hall–Kier alpha value is -1.64. The van der Waals surface area contributed by atoms with Gasteiger partial charge in [-0.2, -0.15) is 13.2 Å². The SMILES string of the molecule is Cl.N[C@H](c1ccc(OC(F)(F)F)cc1)c1ccc(Cl)cc1C(F)(F)F. The molecule has 10 heteroatoms. The first-order valence-electron chi connectivity index (χ1n) is 6.45. The summed E-state index contributed by atoms with van der Waals surface area (Å²) in [6, 6.07) is 6.23. The summed E-state index contributed by atoms with van der Waals surface area (Å²) in [7, 11) is 0. The first-order chi connectivity index (χ1) is 11.0. The molecular formula is C15H11Cl2F6NO. The Morgan fingerprint density at radius 3 is 1.96 bits per heavy atom. The molecule has 0 spiro atoms. The molecule has 0 saturated carbocycles. The third-order valence-corrected chi connectivity index (χ3v) is 3.36. The number of rotatable bonds is 3. The van der Waals surface area contributed by atoms with Gasteiger partial charge in [0.25, 0.3) is 0 Å². The van der Waals surface area contributed by atoms with Crippen LogP contribution in [-0.4, -0.2) is 6.36 Å². The van der Waals surface area contributed by atoms with E-state index >= 15 is 0 Å². The second-order valence-electron chi connectivity index (χ2n) is 4.82. The Morgan fingerprint density at radius 2 is 1.48 bits per heavy atom. The molecule has 2 nitrogen and oxygen atoms in total. The summed E-state index contributed by atoms with van der Waals surface area (Å²) < 4.78 is 79.3. The largest absolute Gasteiger partial charge is 0.573 e. The van der Waals surface area contributed by atoms with Crippen molar-refractivity contribution in [3.63, 3.8) is 0 Å². The highest BCUT2D eigenvalue weighted by Gasteiger charge is 2.35. The van der Waals surface area contributed by atoms with Crippen molar-refractivity contribution in [2.75, 3.05) is 0 Å². The van der Waals surface area contributed by atoms with Crippen LogP contribution in [0.1, 0.15) is 22.7 Å². The Kier molecular flexibility index (Phi) is 6.61. The standard InChI is InChI=1S/C15H10ClF6NO.ClH/c16-9-3-6-11(12(7-9)14(17,18)19)13(23)8-1-4-10(5-2-8)24-15(20,21)22;/h1-7,13H,23H2;1H/t13-;/m1./s1. The molecule has 0 heterocycles. The number of benzene rings is 2. The van der Waals surface area contributed by atoms with Gasteiger partial charge in [0.05, 0.1) is 11.6 Å². The summed E-state index contributed by atoms with van der Waals surface area (Å²) in [5.74, 6) is -0.495. The van der Waals surface area contributed by atoms with E-state index in [9.17, 15) is 26.3 Å². The lowest BCUT2D eigenvalue weighted by molar-refractivity contribution is -0.274. The first-order valence-corrected chi connectivity index (χ1v) is 6.83. The van der Waals surface area contributed by atoms with Crippen molar-refractivity contribution in [1.82, 2.24) is 0 Å².